The molecular formula is C17H20N6O2S. The SMILES string of the molecule is Cc1ncc(-c2ccnc(Nc3ccc(S(C)(=O)=O)cn3)n2)n1C(C)C. The molecule has 1 N–H and O–H groups in total. The van der Waals surface area contributed by atoms with Crippen molar-refractivity contribution in [2.45, 2.75) is 31.7 Å². The summed E-state index contributed by atoms with van der Waals surface area (Å²) in [6.07, 6.45) is 5.89. The van der Waals surface area contributed by atoms with Crippen LogP contribution in [0.25, 0.3) is 11.4 Å². The molecule has 8 nitrogen and oxygen atoms in total. The van der Waals surface area contributed by atoms with Gasteiger partial charge in [-0.15, -0.1) is 0 Å². The Kier molecular flexibility index (Phi) is 4.73. The molecule has 0 aliphatic heterocycles. The van der Waals surface area contributed by atoms with Crippen molar-refractivity contribution in [2.24, 2.45) is 0 Å². The molecular weight excluding hydrogens is 352 g/mol. The molecule has 136 valence electrons. The highest BCUT2D eigenvalue weighted by Gasteiger charge is 2.14. The van der Waals surface area contributed by atoms with E-state index in [1.54, 1.807) is 18.5 Å². The highest BCUT2D eigenvalue weighted by atomic mass is 32.2. The number of imidazole rings is 1. The molecule has 0 aliphatic carbocycles. The molecule has 3 aromatic heterocycles. The van der Waals surface area contributed by atoms with Crippen LogP contribution in [0.2, 0.25) is 0 Å². The first-order valence-corrected chi connectivity index (χ1v) is 9.95. The summed E-state index contributed by atoms with van der Waals surface area (Å²) >= 11 is 0. The molecule has 0 aromatic carbocycles. The Morgan fingerprint density at radius 2 is 1.85 bits per heavy atom. The van der Waals surface area contributed by atoms with Crippen molar-refractivity contribution < 1.29 is 8.42 Å². The third-order valence-electron chi connectivity index (χ3n) is 3.82. The third kappa shape index (κ3) is 3.72. The number of hydrogen-bond donors (Lipinski definition) is 1. The Morgan fingerprint density at radius 1 is 1.08 bits per heavy atom. The van der Waals surface area contributed by atoms with E-state index in [2.05, 4.69) is 43.7 Å². The average Bonchev–Trinajstić information content (AvgIpc) is 2.97. The van der Waals surface area contributed by atoms with Crippen molar-refractivity contribution in [2.75, 3.05) is 11.6 Å². The van der Waals surface area contributed by atoms with Gasteiger partial charge in [-0.05, 0) is 39.0 Å². The zero-order valence-corrected chi connectivity index (χ0v) is 15.8. The number of hydrogen-bond acceptors (Lipinski definition) is 7. The molecule has 3 aromatic rings. The Bertz CT molecular complexity index is 1030. The van der Waals surface area contributed by atoms with Gasteiger partial charge in [-0.3, -0.25) is 0 Å². The number of nitrogens with zero attached hydrogens (tertiary/aromatic N) is 5. The van der Waals surface area contributed by atoms with Gasteiger partial charge in [-0.2, -0.15) is 0 Å². The summed E-state index contributed by atoms with van der Waals surface area (Å²) in [5.74, 6) is 1.75. The van der Waals surface area contributed by atoms with E-state index in [0.29, 0.717) is 11.8 Å². The van der Waals surface area contributed by atoms with Gasteiger partial charge in [-0.25, -0.2) is 28.4 Å². The maximum atomic E-state index is 11.5. The predicted molar refractivity (Wildman–Crippen MR) is 99.0 cm³/mol. The normalized spacial score (nSPS) is 11.7. The molecule has 9 heteroatoms. The number of sulfone groups is 1. The summed E-state index contributed by atoms with van der Waals surface area (Å²) in [7, 11) is -3.28. The summed E-state index contributed by atoms with van der Waals surface area (Å²) in [4.78, 5) is 17.4. The highest BCUT2D eigenvalue weighted by Crippen LogP contribution is 2.24. The average molecular weight is 372 g/mol. The lowest BCUT2D eigenvalue weighted by Crippen LogP contribution is -2.07. The van der Waals surface area contributed by atoms with Gasteiger partial charge in [0.1, 0.15) is 11.6 Å². The maximum absolute atomic E-state index is 11.5. The Morgan fingerprint density at radius 3 is 2.46 bits per heavy atom. The molecule has 3 rings (SSSR count). The van der Waals surface area contributed by atoms with Gasteiger partial charge in [0, 0.05) is 24.7 Å². The van der Waals surface area contributed by atoms with E-state index in [4.69, 9.17) is 0 Å². The van der Waals surface area contributed by atoms with Crippen molar-refractivity contribution in [1.82, 2.24) is 24.5 Å². The quantitative estimate of drug-likeness (QED) is 0.734. The third-order valence-corrected chi connectivity index (χ3v) is 4.92. The van der Waals surface area contributed by atoms with Crippen LogP contribution in [0.4, 0.5) is 11.8 Å². The second kappa shape index (κ2) is 6.83. The zero-order chi connectivity index (χ0) is 18.9. The van der Waals surface area contributed by atoms with E-state index in [0.717, 1.165) is 23.5 Å². The van der Waals surface area contributed by atoms with E-state index in [9.17, 15) is 8.42 Å². The summed E-state index contributed by atoms with van der Waals surface area (Å²) < 4.78 is 25.1. The summed E-state index contributed by atoms with van der Waals surface area (Å²) in [6.45, 7) is 6.13. The van der Waals surface area contributed by atoms with E-state index < -0.39 is 9.84 Å². The van der Waals surface area contributed by atoms with Crippen molar-refractivity contribution in [3.63, 3.8) is 0 Å². The first-order chi connectivity index (χ1) is 12.3. The molecule has 3 heterocycles. The van der Waals surface area contributed by atoms with Gasteiger partial charge >= 0.3 is 0 Å². The van der Waals surface area contributed by atoms with Crippen LogP contribution in [-0.2, 0) is 9.84 Å². The van der Waals surface area contributed by atoms with Crippen molar-refractivity contribution in [3.8, 4) is 11.4 Å². The van der Waals surface area contributed by atoms with Gasteiger partial charge in [0.15, 0.2) is 9.84 Å². The van der Waals surface area contributed by atoms with Crippen molar-refractivity contribution in [1.29, 1.82) is 0 Å². The molecule has 0 amide bonds. The molecule has 0 radical (unpaired) electrons. The van der Waals surface area contributed by atoms with Crippen LogP contribution in [0.15, 0.2) is 41.7 Å². The zero-order valence-electron chi connectivity index (χ0n) is 15.0. The monoisotopic (exact) mass is 372 g/mol. The standard InChI is InChI=1S/C17H20N6O2S/c1-11(2)23-12(3)19-10-15(23)14-7-8-18-17(21-14)22-16-6-5-13(9-20-16)26(4,24)25/h5-11H,1-4H3,(H,18,20,21,22). The van der Waals surface area contributed by atoms with Crippen LogP contribution < -0.4 is 5.32 Å². The van der Waals surface area contributed by atoms with Crippen molar-refractivity contribution in [3.05, 3.63) is 42.6 Å². The molecule has 0 saturated carbocycles. The molecule has 26 heavy (non-hydrogen) atoms. The van der Waals surface area contributed by atoms with Crippen LogP contribution in [0.3, 0.4) is 0 Å². The second-order valence-corrected chi connectivity index (χ2v) is 8.21. The number of nitrogens with one attached hydrogen (secondary N) is 1. The van der Waals surface area contributed by atoms with Gasteiger partial charge < -0.3 is 9.88 Å². The largest absolute Gasteiger partial charge is 0.324 e. The van der Waals surface area contributed by atoms with Gasteiger partial charge in [0.05, 0.1) is 22.5 Å². The fourth-order valence-electron chi connectivity index (χ4n) is 2.64. The minimum absolute atomic E-state index is 0.161. The molecule has 0 spiro atoms. The Balaban J connectivity index is 1.89. The first kappa shape index (κ1) is 18.0. The topological polar surface area (TPSA) is 103 Å². The van der Waals surface area contributed by atoms with Gasteiger partial charge in [0.25, 0.3) is 0 Å². The molecule has 0 atom stereocenters. The lowest BCUT2D eigenvalue weighted by molar-refractivity contribution is 0.587. The summed E-state index contributed by atoms with van der Waals surface area (Å²) in [5.41, 5.74) is 1.65. The summed E-state index contributed by atoms with van der Waals surface area (Å²) in [5, 5.41) is 2.99. The van der Waals surface area contributed by atoms with E-state index in [-0.39, 0.29) is 10.9 Å². The van der Waals surface area contributed by atoms with Gasteiger partial charge in [-0.1, -0.05) is 0 Å². The van der Waals surface area contributed by atoms with Crippen LogP contribution in [0.5, 0.6) is 0 Å². The smallest absolute Gasteiger partial charge is 0.228 e. The molecule has 0 unspecified atom stereocenters. The highest BCUT2D eigenvalue weighted by molar-refractivity contribution is 7.90. The van der Waals surface area contributed by atoms with Crippen LogP contribution >= 0.6 is 0 Å². The fraction of sp³-hybridized carbons (Fsp3) is 0.294. The Labute approximate surface area is 152 Å². The summed E-state index contributed by atoms with van der Waals surface area (Å²) in [6, 6.07) is 5.14. The molecule has 0 fully saturated rings. The second-order valence-electron chi connectivity index (χ2n) is 6.20. The van der Waals surface area contributed by atoms with E-state index >= 15 is 0 Å². The Hall–Kier alpha value is -2.81. The lowest BCUT2D eigenvalue weighted by Gasteiger charge is -2.14. The fourth-order valence-corrected chi connectivity index (χ4v) is 3.20. The van der Waals surface area contributed by atoms with Crippen LogP contribution in [0.1, 0.15) is 25.7 Å². The maximum Gasteiger partial charge on any atom is 0.228 e. The van der Waals surface area contributed by atoms with E-state index in [1.807, 2.05) is 13.0 Å². The van der Waals surface area contributed by atoms with E-state index in [1.165, 1.54) is 12.3 Å². The molecule has 0 aliphatic rings. The van der Waals surface area contributed by atoms with Crippen LogP contribution in [0, 0.1) is 6.92 Å². The number of pyridine rings is 1. The minimum atomic E-state index is -3.28. The lowest BCUT2D eigenvalue weighted by atomic mass is 10.2. The van der Waals surface area contributed by atoms with Gasteiger partial charge in [0.2, 0.25) is 5.95 Å². The first-order valence-electron chi connectivity index (χ1n) is 8.06. The number of aryl methyl sites for hydroxylation is 1. The van der Waals surface area contributed by atoms with Crippen LogP contribution in [-0.4, -0.2) is 39.2 Å². The predicted octanol–water partition coefficient (Wildman–Crippen LogP) is 2.77. The number of aromatic nitrogens is 5. The number of anilines is 2. The molecule has 0 saturated heterocycles. The van der Waals surface area contributed by atoms with Crippen molar-refractivity contribution >= 4 is 21.6 Å². The molecule has 0 bridgehead atoms. The minimum Gasteiger partial charge on any atom is -0.324 e. The number of rotatable bonds is 5.